The topological polar surface area (TPSA) is 145 Å². The van der Waals surface area contributed by atoms with Gasteiger partial charge in [-0.15, -0.1) is 13.2 Å². The molecular formula is C25H30F3NO9S2. The van der Waals surface area contributed by atoms with Crippen molar-refractivity contribution in [3.8, 4) is 11.5 Å². The van der Waals surface area contributed by atoms with Crippen LogP contribution in [0.15, 0.2) is 53.4 Å². The maximum Gasteiger partial charge on any atom is 0.573 e. The summed E-state index contributed by atoms with van der Waals surface area (Å²) in [5.74, 6) is -2.18. The monoisotopic (exact) mass is 609 g/mol. The van der Waals surface area contributed by atoms with Crippen LogP contribution in [0, 0.1) is 5.41 Å². The molecule has 0 radical (unpaired) electrons. The van der Waals surface area contributed by atoms with Gasteiger partial charge in [-0.05, 0) is 54.8 Å². The number of carbonyl (C=O) groups is 1. The number of halogens is 3. The molecule has 1 aliphatic heterocycles. The van der Waals surface area contributed by atoms with E-state index in [1.807, 2.05) is 0 Å². The number of sulfone groups is 2. The number of nitrogens with one attached hydrogen (secondary N) is 1. The molecule has 0 unspecified atom stereocenters. The van der Waals surface area contributed by atoms with E-state index in [2.05, 4.69) is 4.74 Å². The van der Waals surface area contributed by atoms with Crippen molar-refractivity contribution in [2.24, 2.45) is 5.41 Å². The van der Waals surface area contributed by atoms with Gasteiger partial charge >= 0.3 is 6.36 Å². The van der Waals surface area contributed by atoms with Crippen LogP contribution in [0.2, 0.25) is 0 Å². The highest BCUT2D eigenvalue weighted by Gasteiger charge is 2.52. The van der Waals surface area contributed by atoms with Gasteiger partial charge in [-0.3, -0.25) is 10.0 Å². The Morgan fingerprint density at radius 1 is 1.02 bits per heavy atom. The van der Waals surface area contributed by atoms with Crippen molar-refractivity contribution in [2.45, 2.75) is 48.4 Å². The van der Waals surface area contributed by atoms with E-state index in [0.717, 1.165) is 12.1 Å². The number of hydrogen-bond donors (Lipinski definition) is 2. The van der Waals surface area contributed by atoms with E-state index in [9.17, 15) is 34.8 Å². The first-order valence-corrected chi connectivity index (χ1v) is 15.3. The summed E-state index contributed by atoms with van der Waals surface area (Å²) < 4.78 is 103. The predicted octanol–water partition coefficient (Wildman–Crippen LogP) is 3.43. The van der Waals surface area contributed by atoms with Crippen molar-refractivity contribution in [3.63, 3.8) is 0 Å². The first-order valence-electron chi connectivity index (χ1n) is 12.0. The average Bonchev–Trinajstić information content (AvgIpc) is 2.86. The molecule has 1 fully saturated rings. The zero-order chi connectivity index (χ0) is 29.8. The van der Waals surface area contributed by atoms with E-state index in [-0.39, 0.29) is 54.6 Å². The Bertz CT molecular complexity index is 1400. The zero-order valence-electron chi connectivity index (χ0n) is 21.7. The molecule has 40 heavy (non-hydrogen) atoms. The summed E-state index contributed by atoms with van der Waals surface area (Å²) in [7, 11) is -8.00. The lowest BCUT2D eigenvalue weighted by Crippen LogP contribution is -2.54. The Morgan fingerprint density at radius 3 is 2.23 bits per heavy atom. The van der Waals surface area contributed by atoms with Crippen molar-refractivity contribution >= 4 is 25.6 Å². The van der Waals surface area contributed by atoms with E-state index < -0.39 is 53.6 Å². The van der Waals surface area contributed by atoms with Crippen molar-refractivity contribution in [1.82, 2.24) is 5.48 Å². The molecule has 1 amide bonds. The molecule has 2 aromatic carbocycles. The molecule has 0 saturated carbocycles. The second-order valence-electron chi connectivity index (χ2n) is 10.2. The SMILES string of the molecule is CC(C)(COc1ccc(S(=O)(=O)C2(C(=O)NO)CCOCC2)cc1)CS(=O)(=O)Cc1cccc(OC(F)(F)F)c1. The largest absolute Gasteiger partial charge is 0.573 e. The summed E-state index contributed by atoms with van der Waals surface area (Å²) in [4.78, 5) is 12.2. The minimum absolute atomic E-state index is 0.0264. The Labute approximate surface area is 230 Å². The van der Waals surface area contributed by atoms with E-state index >= 15 is 0 Å². The third-order valence-corrected chi connectivity index (χ3v) is 10.7. The normalized spacial score (nSPS) is 16.2. The molecule has 0 atom stereocenters. The molecule has 0 aromatic heterocycles. The van der Waals surface area contributed by atoms with E-state index in [0.29, 0.717) is 0 Å². The van der Waals surface area contributed by atoms with E-state index in [1.54, 1.807) is 13.8 Å². The second-order valence-corrected chi connectivity index (χ2v) is 14.5. The summed E-state index contributed by atoms with van der Waals surface area (Å²) >= 11 is 0. The predicted molar refractivity (Wildman–Crippen MR) is 136 cm³/mol. The number of hydrogen-bond acceptors (Lipinski definition) is 9. The third-order valence-electron chi connectivity index (χ3n) is 6.22. The Balaban J connectivity index is 1.66. The lowest BCUT2D eigenvalue weighted by molar-refractivity contribution is -0.274. The van der Waals surface area contributed by atoms with Crippen LogP contribution in [0.5, 0.6) is 11.5 Å². The van der Waals surface area contributed by atoms with Crippen molar-refractivity contribution in [1.29, 1.82) is 0 Å². The molecule has 222 valence electrons. The van der Waals surface area contributed by atoms with Gasteiger partial charge in [-0.25, -0.2) is 22.3 Å². The van der Waals surface area contributed by atoms with Gasteiger partial charge in [0.2, 0.25) is 0 Å². The van der Waals surface area contributed by atoms with Gasteiger partial charge in [0.25, 0.3) is 5.91 Å². The molecule has 15 heteroatoms. The molecule has 0 bridgehead atoms. The highest BCUT2D eigenvalue weighted by molar-refractivity contribution is 7.93. The second kappa shape index (κ2) is 11.9. The van der Waals surface area contributed by atoms with Crippen LogP contribution in [0.1, 0.15) is 32.3 Å². The lowest BCUT2D eigenvalue weighted by Gasteiger charge is -2.34. The van der Waals surface area contributed by atoms with Crippen LogP contribution < -0.4 is 15.0 Å². The molecule has 0 spiro atoms. The van der Waals surface area contributed by atoms with Crippen LogP contribution >= 0.6 is 0 Å². The standard InChI is InChI=1S/C25H30F3NO9S2/c1-23(2,17-39(32,33)15-18-4-3-5-20(14-18)38-25(26,27)28)16-37-19-6-8-21(9-7-19)40(34,35)24(22(30)29-31)10-12-36-13-11-24/h3-9,14,31H,10-13,15-17H2,1-2H3,(H,29,30). The van der Waals surface area contributed by atoms with Crippen molar-refractivity contribution in [3.05, 3.63) is 54.1 Å². The number of rotatable bonds is 11. The summed E-state index contributed by atoms with van der Waals surface area (Å²) in [6, 6.07) is 9.99. The van der Waals surface area contributed by atoms with Crippen LogP contribution in [-0.4, -0.2) is 64.6 Å². The molecular weight excluding hydrogens is 579 g/mol. The highest BCUT2D eigenvalue weighted by atomic mass is 32.2. The number of alkyl halides is 3. The van der Waals surface area contributed by atoms with Gasteiger partial charge in [0.15, 0.2) is 24.4 Å². The first kappa shape index (κ1) is 31.6. The number of ether oxygens (including phenoxy) is 3. The molecule has 3 rings (SSSR count). The van der Waals surface area contributed by atoms with Crippen LogP contribution in [-0.2, 0) is 35.0 Å². The first-order chi connectivity index (χ1) is 18.5. The Kier molecular flexibility index (Phi) is 9.43. The molecule has 1 saturated heterocycles. The molecule has 1 heterocycles. The summed E-state index contributed by atoms with van der Waals surface area (Å²) in [5, 5.41) is 9.15. The number of hydroxylamine groups is 1. The fourth-order valence-corrected chi connectivity index (χ4v) is 8.42. The highest BCUT2D eigenvalue weighted by Crippen LogP contribution is 2.36. The van der Waals surface area contributed by atoms with Gasteiger partial charge in [0, 0.05) is 18.6 Å². The van der Waals surface area contributed by atoms with E-state index in [4.69, 9.17) is 14.7 Å². The fraction of sp³-hybridized carbons (Fsp3) is 0.480. The van der Waals surface area contributed by atoms with Gasteiger partial charge in [0.1, 0.15) is 11.5 Å². The van der Waals surface area contributed by atoms with Gasteiger partial charge < -0.3 is 14.2 Å². The lowest BCUT2D eigenvalue weighted by atomic mass is 9.98. The quantitative estimate of drug-likeness (QED) is 0.289. The number of carbonyl (C=O) groups excluding carboxylic acids is 1. The van der Waals surface area contributed by atoms with Gasteiger partial charge in [-0.1, -0.05) is 26.0 Å². The molecule has 1 aliphatic rings. The summed E-state index contributed by atoms with van der Waals surface area (Å²) in [6.45, 7) is 3.24. The fourth-order valence-electron chi connectivity index (χ4n) is 4.41. The molecule has 2 aromatic rings. The van der Waals surface area contributed by atoms with Crippen LogP contribution in [0.3, 0.4) is 0 Å². The third kappa shape index (κ3) is 7.86. The number of benzene rings is 2. The Morgan fingerprint density at radius 2 is 1.65 bits per heavy atom. The Hall–Kier alpha value is -2.88. The maximum absolute atomic E-state index is 13.3. The number of amides is 1. The minimum Gasteiger partial charge on any atom is -0.493 e. The maximum atomic E-state index is 13.3. The molecule has 2 N–H and O–H groups in total. The summed E-state index contributed by atoms with van der Waals surface area (Å²) in [6.07, 6.45) is -5.18. The molecule has 10 nitrogen and oxygen atoms in total. The zero-order valence-corrected chi connectivity index (χ0v) is 23.4. The van der Waals surface area contributed by atoms with Crippen LogP contribution in [0.25, 0.3) is 0 Å². The smallest absolute Gasteiger partial charge is 0.493 e. The van der Waals surface area contributed by atoms with Gasteiger partial charge in [-0.2, -0.15) is 0 Å². The minimum atomic E-state index is -4.90. The van der Waals surface area contributed by atoms with E-state index in [1.165, 1.54) is 41.9 Å². The summed E-state index contributed by atoms with van der Waals surface area (Å²) in [5.41, 5.74) is 0.657. The molecule has 0 aliphatic carbocycles. The average molecular weight is 610 g/mol. The van der Waals surface area contributed by atoms with Crippen molar-refractivity contribution in [2.75, 3.05) is 25.6 Å². The van der Waals surface area contributed by atoms with Gasteiger partial charge in [0.05, 0.1) is 23.0 Å². The van der Waals surface area contributed by atoms with Crippen molar-refractivity contribution < 1.29 is 54.2 Å². The van der Waals surface area contributed by atoms with Crippen LogP contribution in [0.4, 0.5) is 13.2 Å².